The normalized spacial score (nSPS) is 12.2. The van der Waals surface area contributed by atoms with Crippen LogP contribution in [0.25, 0.3) is 10.9 Å². The van der Waals surface area contributed by atoms with Crippen molar-refractivity contribution in [1.29, 1.82) is 0 Å². The summed E-state index contributed by atoms with van der Waals surface area (Å²) in [6, 6.07) is 21.5. The average Bonchev–Trinajstić information content (AvgIpc) is 2.68. The summed E-state index contributed by atoms with van der Waals surface area (Å²) in [5.74, 6) is 0.0741. The van der Waals surface area contributed by atoms with Crippen molar-refractivity contribution in [2.24, 2.45) is 0 Å². The third kappa shape index (κ3) is 3.51. The number of rotatable bonds is 4. The van der Waals surface area contributed by atoms with Gasteiger partial charge in [-0.3, -0.25) is 9.97 Å². The van der Waals surface area contributed by atoms with E-state index in [-0.39, 0.29) is 11.7 Å². The molecule has 2 heterocycles. The summed E-state index contributed by atoms with van der Waals surface area (Å²) in [6.07, 6.45) is 2.33. The molecule has 4 rings (SSSR count). The van der Waals surface area contributed by atoms with Crippen LogP contribution in [0, 0.1) is 6.92 Å². The first-order valence-corrected chi connectivity index (χ1v) is 9.25. The molecular weight excluding hydrogens is 356 g/mol. The second-order valence-electron chi connectivity index (χ2n) is 6.63. The minimum absolute atomic E-state index is 0.126. The first-order valence-electron chi connectivity index (χ1n) is 8.87. The van der Waals surface area contributed by atoms with E-state index in [1.807, 2.05) is 73.7 Å². The van der Waals surface area contributed by atoms with Gasteiger partial charge in [0.2, 0.25) is 0 Å². The fraction of sp³-hybridized carbons (Fsp3) is 0.130. The van der Waals surface area contributed by atoms with E-state index < -0.39 is 0 Å². The molecule has 4 heteroatoms. The van der Waals surface area contributed by atoms with Gasteiger partial charge in [0.1, 0.15) is 11.3 Å². The number of aryl methyl sites for hydroxylation is 1. The van der Waals surface area contributed by atoms with Gasteiger partial charge < -0.3 is 5.11 Å². The van der Waals surface area contributed by atoms with Crippen LogP contribution >= 0.6 is 11.6 Å². The van der Waals surface area contributed by atoms with Crippen LogP contribution in [0.3, 0.4) is 0 Å². The van der Waals surface area contributed by atoms with E-state index in [9.17, 15) is 5.11 Å². The molecule has 1 atom stereocenters. The Morgan fingerprint density at radius 2 is 1.78 bits per heavy atom. The zero-order chi connectivity index (χ0) is 18.8. The molecule has 1 N–H and O–H groups in total. The van der Waals surface area contributed by atoms with Crippen molar-refractivity contribution < 1.29 is 5.11 Å². The smallest absolute Gasteiger partial charge is 0.145 e. The number of phenols is 1. The summed E-state index contributed by atoms with van der Waals surface area (Å²) in [5.41, 5.74) is 4.30. The molecule has 1 unspecified atom stereocenters. The van der Waals surface area contributed by atoms with E-state index in [1.54, 1.807) is 6.20 Å². The van der Waals surface area contributed by atoms with Gasteiger partial charge in [-0.1, -0.05) is 54.1 Å². The van der Waals surface area contributed by atoms with Crippen molar-refractivity contribution in [3.8, 4) is 5.75 Å². The van der Waals surface area contributed by atoms with Gasteiger partial charge >= 0.3 is 0 Å². The highest BCUT2D eigenvalue weighted by atomic mass is 35.5. The number of aromatic hydroxyl groups is 1. The van der Waals surface area contributed by atoms with Crippen LogP contribution in [-0.2, 0) is 6.42 Å². The van der Waals surface area contributed by atoms with E-state index in [0.717, 1.165) is 27.9 Å². The third-order valence-electron chi connectivity index (χ3n) is 4.79. The van der Waals surface area contributed by atoms with Gasteiger partial charge in [-0.05, 0) is 36.8 Å². The van der Waals surface area contributed by atoms with Crippen molar-refractivity contribution in [2.45, 2.75) is 19.3 Å². The summed E-state index contributed by atoms with van der Waals surface area (Å²) < 4.78 is 0. The molecule has 2 aromatic heterocycles. The van der Waals surface area contributed by atoms with Crippen LogP contribution in [0.4, 0.5) is 0 Å². The molecule has 0 saturated carbocycles. The van der Waals surface area contributed by atoms with Crippen LogP contribution in [0.2, 0.25) is 5.02 Å². The maximum Gasteiger partial charge on any atom is 0.145 e. The van der Waals surface area contributed by atoms with Crippen LogP contribution in [-0.4, -0.2) is 15.1 Å². The first kappa shape index (κ1) is 17.5. The highest BCUT2D eigenvalue weighted by Crippen LogP contribution is 2.39. The lowest BCUT2D eigenvalue weighted by molar-refractivity contribution is 0.469. The predicted octanol–water partition coefficient (Wildman–Crippen LogP) is 5.67. The molecule has 3 nitrogen and oxygen atoms in total. The van der Waals surface area contributed by atoms with Gasteiger partial charge in [-0.25, -0.2) is 0 Å². The molecule has 4 aromatic rings. The summed E-state index contributed by atoms with van der Waals surface area (Å²) in [7, 11) is 0. The zero-order valence-electron chi connectivity index (χ0n) is 14.9. The molecule has 0 radical (unpaired) electrons. The molecule has 0 aliphatic heterocycles. The molecule has 0 fully saturated rings. The predicted molar refractivity (Wildman–Crippen MR) is 109 cm³/mol. The molecule has 0 spiro atoms. The number of nitrogens with zero attached hydrogens (tertiary/aromatic N) is 2. The summed E-state index contributed by atoms with van der Waals surface area (Å²) in [5, 5.41) is 12.6. The Balaban J connectivity index is 1.88. The maximum atomic E-state index is 11.0. The van der Waals surface area contributed by atoms with E-state index in [4.69, 9.17) is 11.6 Å². The largest absolute Gasteiger partial charge is 0.505 e. The standard InChI is InChI=1S/C23H19ClN2O/c1-15-6-4-8-17(26-15)14-20(18-9-2-3-10-21(18)24)19-12-11-16-7-5-13-25-22(16)23(19)27/h2-13,20,27H,14H2,1H3. The number of pyridine rings is 2. The number of fused-ring (bicyclic) bond motifs is 1. The van der Waals surface area contributed by atoms with Gasteiger partial charge in [-0.2, -0.15) is 0 Å². The number of hydrogen-bond acceptors (Lipinski definition) is 3. The average molecular weight is 375 g/mol. The molecule has 0 aliphatic rings. The second kappa shape index (κ2) is 7.37. The Hall–Kier alpha value is -2.91. The number of aromatic nitrogens is 2. The Morgan fingerprint density at radius 3 is 2.59 bits per heavy atom. The van der Waals surface area contributed by atoms with E-state index in [0.29, 0.717) is 17.0 Å². The van der Waals surface area contributed by atoms with E-state index in [1.165, 1.54) is 0 Å². The van der Waals surface area contributed by atoms with Crippen molar-refractivity contribution >= 4 is 22.5 Å². The molecule has 0 aliphatic carbocycles. The van der Waals surface area contributed by atoms with Crippen molar-refractivity contribution in [1.82, 2.24) is 9.97 Å². The number of halogens is 1. The number of phenolic OH excluding ortho intramolecular Hbond substituents is 1. The quantitative estimate of drug-likeness (QED) is 0.500. The van der Waals surface area contributed by atoms with Gasteiger partial charge in [0, 0.05) is 45.9 Å². The van der Waals surface area contributed by atoms with Crippen molar-refractivity contribution in [2.75, 3.05) is 0 Å². The lowest BCUT2D eigenvalue weighted by Gasteiger charge is -2.21. The monoisotopic (exact) mass is 374 g/mol. The molecule has 134 valence electrons. The van der Waals surface area contributed by atoms with Crippen LogP contribution in [0.1, 0.15) is 28.4 Å². The molecule has 0 saturated heterocycles. The Labute approximate surface area is 163 Å². The zero-order valence-corrected chi connectivity index (χ0v) is 15.7. The van der Waals surface area contributed by atoms with E-state index in [2.05, 4.69) is 9.97 Å². The lowest BCUT2D eigenvalue weighted by Crippen LogP contribution is -2.08. The molecule has 0 bridgehead atoms. The second-order valence-corrected chi connectivity index (χ2v) is 7.03. The van der Waals surface area contributed by atoms with Crippen LogP contribution in [0.15, 0.2) is 72.9 Å². The fourth-order valence-corrected chi connectivity index (χ4v) is 3.76. The minimum Gasteiger partial charge on any atom is -0.505 e. The van der Waals surface area contributed by atoms with Crippen molar-refractivity contribution in [3.05, 3.63) is 100 Å². The molecule has 2 aromatic carbocycles. The van der Waals surface area contributed by atoms with Gasteiger partial charge in [0.05, 0.1) is 0 Å². The lowest BCUT2D eigenvalue weighted by atomic mass is 9.86. The Kier molecular flexibility index (Phi) is 4.78. The summed E-state index contributed by atoms with van der Waals surface area (Å²) >= 11 is 6.52. The molecular formula is C23H19ClN2O. The number of hydrogen-bond donors (Lipinski definition) is 1. The summed E-state index contributed by atoms with van der Waals surface area (Å²) in [4.78, 5) is 9.01. The topological polar surface area (TPSA) is 46.0 Å². The SMILES string of the molecule is Cc1cccc(CC(c2ccccc2Cl)c2ccc3cccnc3c2O)n1. The highest BCUT2D eigenvalue weighted by molar-refractivity contribution is 6.31. The van der Waals surface area contributed by atoms with E-state index >= 15 is 0 Å². The van der Waals surface area contributed by atoms with Gasteiger partial charge in [0.15, 0.2) is 0 Å². The number of benzene rings is 2. The fourth-order valence-electron chi connectivity index (χ4n) is 3.49. The Morgan fingerprint density at radius 1 is 0.926 bits per heavy atom. The Bertz CT molecular complexity index is 1110. The van der Waals surface area contributed by atoms with Crippen LogP contribution < -0.4 is 0 Å². The third-order valence-corrected chi connectivity index (χ3v) is 5.14. The van der Waals surface area contributed by atoms with Gasteiger partial charge in [-0.15, -0.1) is 0 Å². The minimum atomic E-state index is -0.126. The maximum absolute atomic E-state index is 11.0. The van der Waals surface area contributed by atoms with Crippen molar-refractivity contribution in [3.63, 3.8) is 0 Å². The highest BCUT2D eigenvalue weighted by Gasteiger charge is 2.22. The van der Waals surface area contributed by atoms with Gasteiger partial charge in [0.25, 0.3) is 0 Å². The summed E-state index contributed by atoms with van der Waals surface area (Å²) in [6.45, 7) is 1.98. The molecule has 27 heavy (non-hydrogen) atoms. The molecule has 0 amide bonds. The van der Waals surface area contributed by atoms with Crippen LogP contribution in [0.5, 0.6) is 5.75 Å². The first-order chi connectivity index (χ1) is 13.1.